The van der Waals surface area contributed by atoms with Crippen molar-refractivity contribution in [3.63, 3.8) is 0 Å². The van der Waals surface area contributed by atoms with Crippen LogP contribution in [0.2, 0.25) is 10.0 Å². The Morgan fingerprint density at radius 2 is 2.04 bits per heavy atom. The summed E-state index contributed by atoms with van der Waals surface area (Å²) >= 11 is 12.4. The number of carbonyl (C=O) groups is 1. The lowest BCUT2D eigenvalue weighted by Crippen LogP contribution is -2.45. The van der Waals surface area contributed by atoms with Crippen LogP contribution in [0.15, 0.2) is 23.2 Å². The molecule has 1 aliphatic heterocycles. The maximum Gasteiger partial charge on any atom is 0.225 e. The van der Waals surface area contributed by atoms with E-state index in [0.717, 1.165) is 37.6 Å². The van der Waals surface area contributed by atoms with Crippen LogP contribution in [0.1, 0.15) is 32.8 Å². The lowest BCUT2D eigenvalue weighted by molar-refractivity contribution is -0.133. The van der Waals surface area contributed by atoms with E-state index in [4.69, 9.17) is 23.2 Å². The van der Waals surface area contributed by atoms with Gasteiger partial charge in [0.2, 0.25) is 5.91 Å². The molecule has 1 heterocycles. The molecule has 1 saturated heterocycles. The average molecular weight is 399 g/mol. The number of amides is 1. The van der Waals surface area contributed by atoms with E-state index in [-0.39, 0.29) is 17.9 Å². The number of halogens is 2. The molecule has 0 spiro atoms. The summed E-state index contributed by atoms with van der Waals surface area (Å²) in [6.45, 7) is 8.79. The van der Waals surface area contributed by atoms with Crippen molar-refractivity contribution in [1.82, 2.24) is 15.5 Å². The van der Waals surface area contributed by atoms with E-state index in [9.17, 15) is 4.79 Å². The van der Waals surface area contributed by atoms with Gasteiger partial charge in [-0.05, 0) is 37.5 Å². The molecule has 1 atom stereocenters. The highest BCUT2D eigenvalue weighted by Crippen LogP contribution is 2.24. The molecule has 1 amide bonds. The molecule has 0 aliphatic carbocycles. The molecule has 0 saturated carbocycles. The van der Waals surface area contributed by atoms with Crippen LogP contribution in [-0.2, 0) is 11.2 Å². The SMILES string of the molecule is CCNC(=NCCc1c(Cl)cccc1Cl)NC1CCN(C(=O)C(C)C)C1. The zero-order valence-corrected chi connectivity index (χ0v) is 17.2. The van der Waals surface area contributed by atoms with Crippen molar-refractivity contribution in [2.24, 2.45) is 10.9 Å². The van der Waals surface area contributed by atoms with E-state index >= 15 is 0 Å². The first-order chi connectivity index (χ1) is 12.4. The molecule has 7 heteroatoms. The van der Waals surface area contributed by atoms with Crippen LogP contribution in [0.25, 0.3) is 0 Å². The largest absolute Gasteiger partial charge is 0.357 e. The van der Waals surface area contributed by atoms with Crippen molar-refractivity contribution in [3.05, 3.63) is 33.8 Å². The van der Waals surface area contributed by atoms with Gasteiger partial charge in [-0.1, -0.05) is 43.1 Å². The molecular formula is C19H28Cl2N4O. The normalized spacial score (nSPS) is 17.7. The molecule has 0 aromatic heterocycles. The van der Waals surface area contributed by atoms with Gasteiger partial charge >= 0.3 is 0 Å². The van der Waals surface area contributed by atoms with Gasteiger partial charge in [-0.2, -0.15) is 0 Å². The number of benzene rings is 1. The van der Waals surface area contributed by atoms with E-state index in [1.54, 1.807) is 0 Å². The topological polar surface area (TPSA) is 56.7 Å². The molecular weight excluding hydrogens is 371 g/mol. The van der Waals surface area contributed by atoms with E-state index in [1.165, 1.54) is 0 Å². The number of carbonyl (C=O) groups excluding carboxylic acids is 1. The Hall–Kier alpha value is -1.46. The number of rotatable bonds is 6. The first-order valence-corrected chi connectivity index (χ1v) is 9.94. The third-order valence-corrected chi connectivity index (χ3v) is 5.08. The standard InChI is InChI=1S/C19H28Cl2N4O/c1-4-22-19(23-10-8-15-16(20)6-5-7-17(15)21)24-14-9-11-25(12-14)18(26)13(2)3/h5-7,13-14H,4,8-12H2,1-3H3,(H2,22,23,24). The fraction of sp³-hybridized carbons (Fsp3) is 0.579. The van der Waals surface area contributed by atoms with Crippen molar-refractivity contribution in [2.45, 2.75) is 39.7 Å². The third-order valence-electron chi connectivity index (χ3n) is 4.37. The number of hydrogen-bond donors (Lipinski definition) is 2. The first-order valence-electron chi connectivity index (χ1n) is 9.18. The van der Waals surface area contributed by atoms with Crippen LogP contribution in [-0.4, -0.2) is 49.0 Å². The van der Waals surface area contributed by atoms with Crippen molar-refractivity contribution in [1.29, 1.82) is 0 Å². The Morgan fingerprint density at radius 1 is 1.35 bits per heavy atom. The molecule has 0 radical (unpaired) electrons. The Bertz CT molecular complexity index is 628. The molecule has 1 aromatic carbocycles. The van der Waals surface area contributed by atoms with Gasteiger partial charge in [0.25, 0.3) is 0 Å². The van der Waals surface area contributed by atoms with Gasteiger partial charge in [-0.25, -0.2) is 0 Å². The minimum Gasteiger partial charge on any atom is -0.357 e. The molecule has 2 rings (SSSR count). The fourth-order valence-corrected chi connectivity index (χ4v) is 3.59. The monoisotopic (exact) mass is 398 g/mol. The second kappa shape index (κ2) is 10.0. The summed E-state index contributed by atoms with van der Waals surface area (Å²) in [5.41, 5.74) is 0.921. The molecule has 1 aliphatic rings. The van der Waals surface area contributed by atoms with Crippen molar-refractivity contribution in [2.75, 3.05) is 26.2 Å². The minimum atomic E-state index is 0.0380. The smallest absolute Gasteiger partial charge is 0.225 e. The van der Waals surface area contributed by atoms with Gasteiger partial charge in [0.15, 0.2) is 5.96 Å². The van der Waals surface area contributed by atoms with E-state index in [0.29, 0.717) is 23.0 Å². The molecule has 0 bridgehead atoms. The van der Waals surface area contributed by atoms with Crippen LogP contribution in [0, 0.1) is 5.92 Å². The zero-order chi connectivity index (χ0) is 19.1. The maximum atomic E-state index is 12.1. The third kappa shape index (κ3) is 5.78. The summed E-state index contributed by atoms with van der Waals surface area (Å²) in [5, 5.41) is 8.04. The van der Waals surface area contributed by atoms with Crippen molar-refractivity contribution < 1.29 is 4.79 Å². The molecule has 2 N–H and O–H groups in total. The molecule has 1 unspecified atom stereocenters. The predicted molar refractivity (Wildman–Crippen MR) is 109 cm³/mol. The molecule has 26 heavy (non-hydrogen) atoms. The Morgan fingerprint density at radius 3 is 2.65 bits per heavy atom. The van der Waals surface area contributed by atoms with E-state index < -0.39 is 0 Å². The maximum absolute atomic E-state index is 12.1. The Labute approximate surface area is 166 Å². The van der Waals surface area contributed by atoms with E-state index in [2.05, 4.69) is 15.6 Å². The van der Waals surface area contributed by atoms with Gasteiger partial charge in [0.1, 0.15) is 0 Å². The van der Waals surface area contributed by atoms with Crippen molar-refractivity contribution in [3.8, 4) is 0 Å². The summed E-state index contributed by atoms with van der Waals surface area (Å²) in [5.74, 6) is 1.01. The average Bonchev–Trinajstić information content (AvgIpc) is 3.05. The summed E-state index contributed by atoms with van der Waals surface area (Å²) in [6.07, 6.45) is 1.61. The number of guanidine groups is 1. The Kier molecular flexibility index (Phi) is 8.04. The second-order valence-corrected chi connectivity index (χ2v) is 7.59. The lowest BCUT2D eigenvalue weighted by atomic mass is 10.1. The first kappa shape index (κ1) is 20.8. The van der Waals surface area contributed by atoms with Gasteiger partial charge in [-0.15, -0.1) is 0 Å². The van der Waals surface area contributed by atoms with Gasteiger partial charge in [-0.3, -0.25) is 9.79 Å². The van der Waals surface area contributed by atoms with Crippen molar-refractivity contribution >= 4 is 35.1 Å². The predicted octanol–water partition coefficient (Wildman–Crippen LogP) is 3.35. The van der Waals surface area contributed by atoms with Crippen LogP contribution in [0.5, 0.6) is 0 Å². The van der Waals surface area contributed by atoms with E-state index in [1.807, 2.05) is 43.9 Å². The highest BCUT2D eigenvalue weighted by molar-refractivity contribution is 6.35. The second-order valence-electron chi connectivity index (χ2n) is 6.78. The number of hydrogen-bond acceptors (Lipinski definition) is 2. The quantitative estimate of drug-likeness (QED) is 0.570. The minimum absolute atomic E-state index is 0.0380. The Balaban J connectivity index is 1.92. The number of nitrogens with zero attached hydrogens (tertiary/aromatic N) is 2. The van der Waals surface area contributed by atoms with Crippen LogP contribution >= 0.6 is 23.2 Å². The van der Waals surface area contributed by atoms with Gasteiger partial charge in [0.05, 0.1) is 0 Å². The summed E-state index contributed by atoms with van der Waals surface area (Å²) in [4.78, 5) is 18.7. The van der Waals surface area contributed by atoms with Crippen LogP contribution in [0.3, 0.4) is 0 Å². The number of nitrogens with one attached hydrogen (secondary N) is 2. The van der Waals surface area contributed by atoms with Gasteiger partial charge < -0.3 is 15.5 Å². The lowest BCUT2D eigenvalue weighted by Gasteiger charge is -2.20. The van der Waals surface area contributed by atoms with Gasteiger partial charge in [0, 0.05) is 48.2 Å². The molecule has 1 aromatic rings. The number of aliphatic imine (C=N–C) groups is 1. The molecule has 5 nitrogen and oxygen atoms in total. The summed E-state index contributed by atoms with van der Waals surface area (Å²) in [7, 11) is 0. The molecule has 1 fully saturated rings. The summed E-state index contributed by atoms with van der Waals surface area (Å²) < 4.78 is 0. The fourth-order valence-electron chi connectivity index (χ4n) is 3.01. The highest BCUT2D eigenvalue weighted by Gasteiger charge is 2.27. The summed E-state index contributed by atoms with van der Waals surface area (Å²) in [6, 6.07) is 5.75. The van der Waals surface area contributed by atoms with Crippen LogP contribution < -0.4 is 10.6 Å². The zero-order valence-electron chi connectivity index (χ0n) is 15.7. The molecule has 144 valence electrons. The van der Waals surface area contributed by atoms with Crippen LogP contribution in [0.4, 0.5) is 0 Å². The number of likely N-dealkylation sites (tertiary alicyclic amines) is 1. The highest BCUT2D eigenvalue weighted by atomic mass is 35.5.